The molecule has 2 aromatic carbocycles. The Morgan fingerprint density at radius 1 is 0.793 bits per heavy atom. The fraction of sp³-hybridized carbons (Fsp3) is 0.500. The largest absolute Gasteiger partial charge is 0.573 e. The van der Waals surface area contributed by atoms with Crippen molar-refractivity contribution in [1.82, 2.24) is 0 Å². The minimum atomic E-state index is -4.66. The van der Waals surface area contributed by atoms with Crippen molar-refractivity contribution in [3.8, 4) is 11.5 Å². The lowest BCUT2D eigenvalue weighted by Crippen LogP contribution is -2.17. The number of benzene rings is 2. The molecule has 0 aromatic heterocycles. The van der Waals surface area contributed by atoms with Crippen LogP contribution in [0, 0.1) is 11.8 Å². The highest BCUT2D eigenvalue weighted by Crippen LogP contribution is 2.25. The molecule has 2 nitrogen and oxygen atoms in total. The minimum absolute atomic E-state index is 0.0756. The Hall–Kier alpha value is -2.17. The molecule has 0 aliphatic rings. The summed E-state index contributed by atoms with van der Waals surface area (Å²) in [6, 6.07) is 14.4. The van der Waals surface area contributed by atoms with Crippen molar-refractivity contribution in [3.63, 3.8) is 0 Å². The molecule has 0 aliphatic heterocycles. The van der Waals surface area contributed by atoms with Gasteiger partial charge < -0.3 is 9.47 Å². The molecule has 29 heavy (non-hydrogen) atoms. The second-order valence-electron chi connectivity index (χ2n) is 8.26. The molecular weight excluding hydrogens is 377 g/mol. The Kier molecular flexibility index (Phi) is 8.42. The van der Waals surface area contributed by atoms with Crippen molar-refractivity contribution in [2.45, 2.75) is 65.8 Å². The molecule has 2 atom stereocenters. The number of rotatable bonds is 10. The van der Waals surface area contributed by atoms with E-state index >= 15 is 0 Å². The molecule has 0 saturated heterocycles. The van der Waals surface area contributed by atoms with Crippen LogP contribution in [0.15, 0.2) is 48.5 Å². The Morgan fingerprint density at radius 3 is 2.00 bits per heavy atom. The first-order valence-corrected chi connectivity index (χ1v) is 10.2. The lowest BCUT2D eigenvalue weighted by atomic mass is 9.95. The average Bonchev–Trinajstić information content (AvgIpc) is 2.58. The second-order valence-corrected chi connectivity index (χ2v) is 8.26. The van der Waals surface area contributed by atoms with Crippen LogP contribution in [-0.4, -0.2) is 12.5 Å². The van der Waals surface area contributed by atoms with Gasteiger partial charge in [-0.1, -0.05) is 45.0 Å². The Bertz CT molecular complexity index is 756. The monoisotopic (exact) mass is 408 g/mol. The fourth-order valence-electron chi connectivity index (χ4n) is 3.40. The van der Waals surface area contributed by atoms with Crippen molar-refractivity contribution in [2.24, 2.45) is 11.8 Å². The van der Waals surface area contributed by atoms with Gasteiger partial charge in [0.2, 0.25) is 0 Å². The maximum Gasteiger partial charge on any atom is 0.573 e. The van der Waals surface area contributed by atoms with Gasteiger partial charge in [-0.05, 0) is 79.8 Å². The van der Waals surface area contributed by atoms with Gasteiger partial charge in [0.25, 0.3) is 0 Å². The van der Waals surface area contributed by atoms with Crippen LogP contribution >= 0.6 is 0 Å². The van der Waals surface area contributed by atoms with E-state index in [1.807, 2.05) is 18.2 Å². The summed E-state index contributed by atoms with van der Waals surface area (Å²) in [5.74, 6) is 1.65. The van der Waals surface area contributed by atoms with Gasteiger partial charge in [-0.25, -0.2) is 0 Å². The molecule has 0 heterocycles. The quantitative estimate of drug-likeness (QED) is 0.413. The van der Waals surface area contributed by atoms with E-state index in [-0.39, 0.29) is 11.9 Å². The third-order valence-electron chi connectivity index (χ3n) is 4.66. The summed E-state index contributed by atoms with van der Waals surface area (Å²) in [4.78, 5) is 0. The predicted octanol–water partition coefficient (Wildman–Crippen LogP) is 7.21. The topological polar surface area (TPSA) is 18.5 Å². The van der Waals surface area contributed by atoms with Crippen molar-refractivity contribution in [3.05, 3.63) is 59.7 Å². The summed E-state index contributed by atoms with van der Waals surface area (Å²) < 4.78 is 47.2. The highest BCUT2D eigenvalue weighted by atomic mass is 19.4. The van der Waals surface area contributed by atoms with Gasteiger partial charge in [0, 0.05) is 0 Å². The number of ether oxygens (including phenoxy) is 2. The van der Waals surface area contributed by atoms with Crippen LogP contribution in [0.5, 0.6) is 11.5 Å². The number of hydrogen-bond donors (Lipinski definition) is 0. The molecular formula is C24H31F3O2. The van der Waals surface area contributed by atoms with E-state index in [0.717, 1.165) is 30.6 Å². The Labute approximate surface area is 172 Å². The summed E-state index contributed by atoms with van der Waals surface area (Å²) in [5.41, 5.74) is 2.12. The number of alkyl halides is 3. The molecule has 0 bridgehead atoms. The third-order valence-corrected chi connectivity index (χ3v) is 4.66. The van der Waals surface area contributed by atoms with E-state index in [4.69, 9.17) is 4.74 Å². The lowest BCUT2D eigenvalue weighted by Gasteiger charge is -2.18. The molecule has 0 fully saturated rings. The molecule has 0 spiro atoms. The summed E-state index contributed by atoms with van der Waals surface area (Å²) in [6.07, 6.45) is -1.05. The van der Waals surface area contributed by atoms with E-state index < -0.39 is 6.36 Å². The minimum Gasteiger partial charge on any atom is -0.491 e. The highest BCUT2D eigenvalue weighted by molar-refractivity contribution is 5.29. The molecule has 2 unspecified atom stereocenters. The van der Waals surface area contributed by atoms with E-state index in [2.05, 4.69) is 44.6 Å². The third kappa shape index (κ3) is 9.25. The standard InChI is InChI=1S/C24H31F3O2/c1-17(2)13-20-7-5-9-22(15-20)28-19(4)12-11-18(3)14-21-8-6-10-23(16-21)29-24(25,26)27/h5-10,15-19H,11-14H2,1-4H3. The van der Waals surface area contributed by atoms with Crippen LogP contribution in [0.4, 0.5) is 13.2 Å². The van der Waals surface area contributed by atoms with Gasteiger partial charge in [-0.15, -0.1) is 13.2 Å². The number of halogens is 3. The van der Waals surface area contributed by atoms with E-state index in [1.165, 1.54) is 17.7 Å². The molecule has 5 heteroatoms. The van der Waals surface area contributed by atoms with E-state index in [9.17, 15) is 13.2 Å². The molecule has 2 aromatic rings. The maximum atomic E-state index is 12.4. The Morgan fingerprint density at radius 2 is 1.38 bits per heavy atom. The van der Waals surface area contributed by atoms with Crippen molar-refractivity contribution in [2.75, 3.05) is 0 Å². The average molecular weight is 409 g/mol. The normalized spacial score (nSPS) is 13.9. The zero-order chi connectivity index (χ0) is 21.4. The first kappa shape index (κ1) is 23.1. The zero-order valence-corrected chi connectivity index (χ0v) is 17.6. The summed E-state index contributed by atoms with van der Waals surface area (Å²) in [5, 5.41) is 0. The molecule has 0 aliphatic carbocycles. The van der Waals surface area contributed by atoms with E-state index in [1.54, 1.807) is 6.07 Å². The van der Waals surface area contributed by atoms with Gasteiger partial charge in [-0.2, -0.15) is 0 Å². The number of hydrogen-bond acceptors (Lipinski definition) is 2. The predicted molar refractivity (Wildman–Crippen MR) is 110 cm³/mol. The molecule has 160 valence electrons. The van der Waals surface area contributed by atoms with Crippen molar-refractivity contribution in [1.29, 1.82) is 0 Å². The second kappa shape index (κ2) is 10.6. The molecule has 0 saturated carbocycles. The summed E-state index contributed by atoms with van der Waals surface area (Å²) >= 11 is 0. The van der Waals surface area contributed by atoms with Crippen LogP contribution in [0.25, 0.3) is 0 Å². The summed E-state index contributed by atoms with van der Waals surface area (Å²) in [7, 11) is 0. The smallest absolute Gasteiger partial charge is 0.491 e. The van der Waals surface area contributed by atoms with Crippen LogP contribution in [0.2, 0.25) is 0 Å². The maximum absolute atomic E-state index is 12.4. The zero-order valence-electron chi connectivity index (χ0n) is 17.6. The van der Waals surface area contributed by atoms with Gasteiger partial charge in [0.05, 0.1) is 6.10 Å². The molecule has 2 rings (SSSR count). The SMILES string of the molecule is CC(C)Cc1cccc(OC(C)CCC(C)Cc2cccc(OC(F)(F)F)c2)c1. The molecule has 0 amide bonds. The van der Waals surface area contributed by atoms with Crippen molar-refractivity contribution < 1.29 is 22.6 Å². The first-order valence-electron chi connectivity index (χ1n) is 10.2. The van der Waals surface area contributed by atoms with Crippen LogP contribution < -0.4 is 9.47 Å². The summed E-state index contributed by atoms with van der Waals surface area (Å²) in [6.45, 7) is 8.55. The lowest BCUT2D eigenvalue weighted by molar-refractivity contribution is -0.274. The van der Waals surface area contributed by atoms with Crippen LogP contribution in [0.3, 0.4) is 0 Å². The highest BCUT2D eigenvalue weighted by Gasteiger charge is 2.31. The fourth-order valence-corrected chi connectivity index (χ4v) is 3.40. The van der Waals surface area contributed by atoms with E-state index in [0.29, 0.717) is 18.3 Å². The molecule has 0 N–H and O–H groups in total. The van der Waals surface area contributed by atoms with Gasteiger partial charge in [0.15, 0.2) is 0 Å². The van der Waals surface area contributed by atoms with Crippen molar-refractivity contribution >= 4 is 0 Å². The first-order chi connectivity index (χ1) is 13.6. The van der Waals surface area contributed by atoms with Gasteiger partial charge >= 0.3 is 6.36 Å². The van der Waals surface area contributed by atoms with Crippen LogP contribution in [0.1, 0.15) is 51.7 Å². The molecule has 0 radical (unpaired) electrons. The van der Waals surface area contributed by atoms with Gasteiger partial charge in [0.1, 0.15) is 11.5 Å². The van der Waals surface area contributed by atoms with Crippen LogP contribution in [-0.2, 0) is 12.8 Å². The van der Waals surface area contributed by atoms with Gasteiger partial charge in [-0.3, -0.25) is 0 Å². The Balaban J connectivity index is 1.81.